The monoisotopic (exact) mass is 501 g/mol. The standard InChI is InChI=1S/C22H20ClN5O3S2/c1-14-13-19(28(26-14)22-25-20-17(23)5-4-6-18(20)32-22)24-21(29)15-7-9-16(10-8-15)33(30,31)27-11-2-3-12-27/h4-10,13H,2-3,11-12H2,1H3,(H,24,29). The Kier molecular flexibility index (Phi) is 5.69. The molecular weight excluding hydrogens is 482 g/mol. The minimum Gasteiger partial charge on any atom is -0.306 e. The Morgan fingerprint density at radius 2 is 1.85 bits per heavy atom. The van der Waals surface area contributed by atoms with Gasteiger partial charge in [-0.15, -0.1) is 0 Å². The van der Waals surface area contributed by atoms with Crippen molar-refractivity contribution >= 4 is 54.9 Å². The average molecular weight is 502 g/mol. The van der Waals surface area contributed by atoms with Gasteiger partial charge in [-0.2, -0.15) is 14.1 Å². The van der Waals surface area contributed by atoms with Gasteiger partial charge in [-0.05, 0) is 56.2 Å². The second kappa shape index (κ2) is 8.53. The lowest BCUT2D eigenvalue weighted by molar-refractivity contribution is 0.102. The lowest BCUT2D eigenvalue weighted by Crippen LogP contribution is -2.27. The number of aromatic nitrogens is 3. The van der Waals surface area contributed by atoms with Crippen LogP contribution in [-0.4, -0.2) is 46.5 Å². The Hall–Kier alpha value is -2.79. The summed E-state index contributed by atoms with van der Waals surface area (Å²) in [6.07, 6.45) is 1.74. The van der Waals surface area contributed by atoms with E-state index in [2.05, 4.69) is 15.4 Å². The van der Waals surface area contributed by atoms with Gasteiger partial charge in [-0.1, -0.05) is 29.0 Å². The number of aryl methyl sites for hydroxylation is 1. The zero-order valence-corrected chi connectivity index (χ0v) is 20.0. The lowest BCUT2D eigenvalue weighted by atomic mass is 10.2. The van der Waals surface area contributed by atoms with Crippen LogP contribution in [0.2, 0.25) is 5.02 Å². The number of nitrogens with zero attached hydrogens (tertiary/aromatic N) is 4. The molecule has 1 aliphatic rings. The van der Waals surface area contributed by atoms with Crippen LogP contribution in [0, 0.1) is 6.92 Å². The maximum Gasteiger partial charge on any atom is 0.256 e. The molecule has 1 aliphatic heterocycles. The normalized spacial score (nSPS) is 14.7. The summed E-state index contributed by atoms with van der Waals surface area (Å²) in [5.74, 6) is 0.0851. The highest BCUT2D eigenvalue weighted by Crippen LogP contribution is 2.31. The quantitative estimate of drug-likeness (QED) is 0.435. The van der Waals surface area contributed by atoms with E-state index in [1.807, 2.05) is 19.1 Å². The van der Waals surface area contributed by atoms with E-state index < -0.39 is 10.0 Å². The van der Waals surface area contributed by atoms with Crippen LogP contribution in [0.4, 0.5) is 5.82 Å². The van der Waals surface area contributed by atoms with Crippen molar-refractivity contribution in [3.63, 3.8) is 0 Å². The first-order chi connectivity index (χ1) is 15.8. The minimum absolute atomic E-state index is 0.188. The third kappa shape index (κ3) is 4.15. The largest absolute Gasteiger partial charge is 0.306 e. The lowest BCUT2D eigenvalue weighted by Gasteiger charge is -2.15. The van der Waals surface area contributed by atoms with Crippen LogP contribution in [0.15, 0.2) is 53.4 Å². The fourth-order valence-corrected chi connectivity index (χ4v) is 6.52. The van der Waals surface area contributed by atoms with Gasteiger partial charge in [0.05, 0.1) is 20.3 Å². The molecule has 1 saturated heterocycles. The molecule has 0 aliphatic carbocycles. The van der Waals surface area contributed by atoms with Crippen LogP contribution in [0.25, 0.3) is 15.3 Å². The summed E-state index contributed by atoms with van der Waals surface area (Å²) in [6.45, 7) is 2.89. The highest BCUT2D eigenvalue weighted by atomic mass is 35.5. The Morgan fingerprint density at radius 1 is 1.12 bits per heavy atom. The van der Waals surface area contributed by atoms with E-state index in [4.69, 9.17) is 11.6 Å². The van der Waals surface area contributed by atoms with Crippen molar-refractivity contribution in [2.24, 2.45) is 0 Å². The minimum atomic E-state index is -3.53. The van der Waals surface area contributed by atoms with Crippen molar-refractivity contribution in [3.8, 4) is 5.13 Å². The highest BCUT2D eigenvalue weighted by molar-refractivity contribution is 7.89. The Bertz CT molecular complexity index is 1460. The molecule has 170 valence electrons. The van der Waals surface area contributed by atoms with Gasteiger partial charge in [-0.25, -0.2) is 13.4 Å². The first kappa shape index (κ1) is 22.0. The maximum absolute atomic E-state index is 12.9. The predicted molar refractivity (Wildman–Crippen MR) is 129 cm³/mol. The first-order valence-electron chi connectivity index (χ1n) is 10.4. The van der Waals surface area contributed by atoms with E-state index in [-0.39, 0.29) is 10.8 Å². The molecule has 3 heterocycles. The van der Waals surface area contributed by atoms with E-state index in [0.29, 0.717) is 45.8 Å². The number of carbonyl (C=O) groups is 1. The Labute approximate surface area is 199 Å². The second-order valence-electron chi connectivity index (χ2n) is 7.76. The average Bonchev–Trinajstić information content (AvgIpc) is 3.54. The number of nitrogens with one attached hydrogen (secondary N) is 1. The number of hydrogen-bond donors (Lipinski definition) is 1. The van der Waals surface area contributed by atoms with Crippen LogP contribution in [0.3, 0.4) is 0 Å². The van der Waals surface area contributed by atoms with Crippen LogP contribution in [0.1, 0.15) is 28.9 Å². The summed E-state index contributed by atoms with van der Waals surface area (Å²) in [5.41, 5.74) is 1.73. The number of amides is 1. The van der Waals surface area contributed by atoms with Gasteiger partial charge in [-0.3, -0.25) is 4.79 Å². The molecule has 2 aromatic carbocycles. The Morgan fingerprint density at radius 3 is 2.55 bits per heavy atom. The molecule has 2 aromatic heterocycles. The van der Waals surface area contributed by atoms with Crippen molar-refractivity contribution in [2.45, 2.75) is 24.7 Å². The van der Waals surface area contributed by atoms with Gasteiger partial charge in [0.15, 0.2) is 0 Å². The van der Waals surface area contributed by atoms with E-state index >= 15 is 0 Å². The number of hydrogen-bond acceptors (Lipinski definition) is 6. The predicted octanol–water partition coefficient (Wildman–Crippen LogP) is 4.48. The molecule has 0 spiro atoms. The van der Waals surface area contributed by atoms with Gasteiger partial charge in [0.25, 0.3) is 5.91 Å². The smallest absolute Gasteiger partial charge is 0.256 e. The molecule has 0 unspecified atom stereocenters. The summed E-state index contributed by atoms with van der Waals surface area (Å²) in [7, 11) is -3.53. The molecule has 0 bridgehead atoms. The van der Waals surface area contributed by atoms with Gasteiger partial charge >= 0.3 is 0 Å². The van der Waals surface area contributed by atoms with Crippen LogP contribution in [-0.2, 0) is 10.0 Å². The number of carbonyl (C=O) groups excluding carboxylic acids is 1. The summed E-state index contributed by atoms with van der Waals surface area (Å²) >= 11 is 7.67. The third-order valence-electron chi connectivity index (χ3n) is 5.43. The molecular formula is C22H20ClN5O3S2. The van der Waals surface area contributed by atoms with Crippen LogP contribution < -0.4 is 5.32 Å². The van der Waals surface area contributed by atoms with Gasteiger partial charge in [0.2, 0.25) is 15.2 Å². The number of anilines is 1. The van der Waals surface area contributed by atoms with Gasteiger partial charge < -0.3 is 5.32 Å². The molecule has 0 saturated carbocycles. The number of benzene rings is 2. The molecule has 1 amide bonds. The number of halogens is 1. The first-order valence-corrected chi connectivity index (χ1v) is 13.0. The molecule has 4 aromatic rings. The summed E-state index contributed by atoms with van der Waals surface area (Å²) in [4.78, 5) is 17.7. The van der Waals surface area contributed by atoms with E-state index in [0.717, 1.165) is 17.5 Å². The maximum atomic E-state index is 12.9. The van der Waals surface area contributed by atoms with Crippen molar-refractivity contribution < 1.29 is 13.2 Å². The fraction of sp³-hybridized carbons (Fsp3) is 0.227. The number of rotatable bonds is 5. The summed E-state index contributed by atoms with van der Waals surface area (Å²) < 4.78 is 29.4. The molecule has 8 nitrogen and oxygen atoms in total. The van der Waals surface area contributed by atoms with Gasteiger partial charge in [0.1, 0.15) is 11.3 Å². The third-order valence-corrected chi connectivity index (χ3v) is 8.65. The van der Waals surface area contributed by atoms with Crippen LogP contribution in [0.5, 0.6) is 0 Å². The Balaban J connectivity index is 1.40. The van der Waals surface area contributed by atoms with Crippen molar-refractivity contribution in [3.05, 3.63) is 64.8 Å². The van der Waals surface area contributed by atoms with E-state index in [1.54, 1.807) is 16.8 Å². The number of para-hydroxylation sites is 1. The van der Waals surface area contributed by atoms with Crippen molar-refractivity contribution in [1.29, 1.82) is 0 Å². The molecule has 33 heavy (non-hydrogen) atoms. The summed E-state index contributed by atoms with van der Waals surface area (Å²) in [6, 6.07) is 13.3. The summed E-state index contributed by atoms with van der Waals surface area (Å²) in [5, 5.41) is 8.45. The highest BCUT2D eigenvalue weighted by Gasteiger charge is 2.27. The molecule has 11 heteroatoms. The number of sulfonamides is 1. The topological polar surface area (TPSA) is 97.2 Å². The van der Waals surface area contributed by atoms with Crippen molar-refractivity contribution in [1.82, 2.24) is 19.1 Å². The number of fused-ring (bicyclic) bond motifs is 1. The molecule has 1 fully saturated rings. The van der Waals surface area contributed by atoms with Gasteiger partial charge in [0, 0.05) is 24.7 Å². The molecule has 0 atom stereocenters. The molecule has 0 radical (unpaired) electrons. The van der Waals surface area contributed by atoms with Crippen molar-refractivity contribution in [2.75, 3.05) is 18.4 Å². The van der Waals surface area contributed by atoms with Crippen LogP contribution >= 0.6 is 22.9 Å². The number of thiazole rings is 1. The fourth-order valence-electron chi connectivity index (χ4n) is 3.77. The second-order valence-corrected chi connectivity index (χ2v) is 11.1. The van der Waals surface area contributed by atoms with E-state index in [9.17, 15) is 13.2 Å². The van der Waals surface area contributed by atoms with E-state index in [1.165, 1.54) is 39.9 Å². The zero-order valence-electron chi connectivity index (χ0n) is 17.7. The SMILES string of the molecule is Cc1cc(NC(=O)c2ccc(S(=O)(=O)N3CCCC3)cc2)n(-c2nc3c(Cl)cccc3s2)n1. The molecule has 5 rings (SSSR count). The zero-order chi connectivity index (χ0) is 23.2. The molecule has 1 N–H and O–H groups in total.